The van der Waals surface area contributed by atoms with E-state index in [0.29, 0.717) is 13.1 Å². The second-order valence-corrected chi connectivity index (χ2v) is 4.05. The van der Waals surface area contributed by atoms with Crippen LogP contribution in [0.1, 0.15) is 5.56 Å². The molecule has 2 rings (SSSR count). The van der Waals surface area contributed by atoms with E-state index >= 15 is 0 Å². The number of hydrogen-bond donors (Lipinski definition) is 1. The van der Waals surface area contributed by atoms with Gasteiger partial charge in [0.1, 0.15) is 0 Å². The number of benzene rings is 1. The Bertz CT molecular complexity index is 454. The van der Waals surface area contributed by atoms with Crippen LogP contribution in [0.25, 0.3) is 0 Å². The summed E-state index contributed by atoms with van der Waals surface area (Å²) in [5, 5.41) is 2.76. The first-order chi connectivity index (χ1) is 8.68. The zero-order valence-corrected chi connectivity index (χ0v) is 9.89. The zero-order chi connectivity index (χ0) is 12.8. The standard InChI is InChI=1S/C13H15F2N3/c14-13(15,12-4-2-1-3-5-12)10-16-6-8-18-9-7-17-11-18/h1-5,7,9,11,16H,6,8,10H2. The summed E-state index contributed by atoms with van der Waals surface area (Å²) >= 11 is 0. The molecule has 1 aromatic heterocycles. The minimum Gasteiger partial charge on any atom is -0.336 e. The second kappa shape index (κ2) is 5.73. The lowest BCUT2D eigenvalue weighted by atomic mass is 10.1. The molecule has 0 saturated carbocycles. The number of halogens is 2. The molecule has 96 valence electrons. The summed E-state index contributed by atoms with van der Waals surface area (Å²) in [7, 11) is 0. The Morgan fingerprint density at radius 3 is 2.67 bits per heavy atom. The number of hydrogen-bond acceptors (Lipinski definition) is 2. The van der Waals surface area contributed by atoms with Crippen molar-refractivity contribution in [1.82, 2.24) is 14.9 Å². The first kappa shape index (κ1) is 12.7. The third-order valence-electron chi connectivity index (χ3n) is 2.65. The van der Waals surface area contributed by atoms with Gasteiger partial charge in [-0.15, -0.1) is 0 Å². The molecule has 0 spiro atoms. The molecule has 1 heterocycles. The van der Waals surface area contributed by atoms with Crippen molar-refractivity contribution in [3.05, 3.63) is 54.6 Å². The van der Waals surface area contributed by atoms with Crippen molar-refractivity contribution < 1.29 is 8.78 Å². The highest BCUT2D eigenvalue weighted by atomic mass is 19.3. The van der Waals surface area contributed by atoms with Gasteiger partial charge in [-0.05, 0) is 0 Å². The van der Waals surface area contributed by atoms with Gasteiger partial charge < -0.3 is 9.88 Å². The van der Waals surface area contributed by atoms with Crippen molar-refractivity contribution in [2.24, 2.45) is 0 Å². The molecule has 3 nitrogen and oxygen atoms in total. The van der Waals surface area contributed by atoms with Crippen LogP contribution in [-0.4, -0.2) is 22.6 Å². The Morgan fingerprint density at radius 1 is 1.22 bits per heavy atom. The molecule has 0 aliphatic rings. The van der Waals surface area contributed by atoms with Crippen LogP contribution in [0.3, 0.4) is 0 Å². The lowest BCUT2D eigenvalue weighted by Crippen LogP contribution is -2.32. The largest absolute Gasteiger partial charge is 0.336 e. The Balaban J connectivity index is 1.79. The summed E-state index contributed by atoms with van der Waals surface area (Å²) in [6.45, 7) is 0.759. The van der Waals surface area contributed by atoms with Crippen LogP contribution in [0.5, 0.6) is 0 Å². The molecule has 1 aromatic carbocycles. The summed E-state index contributed by atoms with van der Waals surface area (Å²) in [5.41, 5.74) is 0.0418. The summed E-state index contributed by atoms with van der Waals surface area (Å²) in [5.74, 6) is -2.84. The average Bonchev–Trinajstić information content (AvgIpc) is 2.89. The third-order valence-corrected chi connectivity index (χ3v) is 2.65. The summed E-state index contributed by atoms with van der Waals surface area (Å²) in [6, 6.07) is 7.85. The molecule has 0 amide bonds. The number of nitrogens with zero attached hydrogens (tertiary/aromatic N) is 2. The quantitative estimate of drug-likeness (QED) is 0.798. The van der Waals surface area contributed by atoms with Crippen LogP contribution in [0, 0.1) is 0 Å². The predicted molar refractivity (Wildman–Crippen MR) is 65.4 cm³/mol. The van der Waals surface area contributed by atoms with Gasteiger partial charge in [0.05, 0.1) is 12.9 Å². The molecule has 0 bridgehead atoms. The predicted octanol–water partition coefficient (Wildman–Crippen LogP) is 2.26. The van der Waals surface area contributed by atoms with Gasteiger partial charge >= 0.3 is 0 Å². The Hall–Kier alpha value is -1.75. The Kier molecular flexibility index (Phi) is 4.04. The van der Waals surface area contributed by atoms with E-state index in [-0.39, 0.29) is 12.1 Å². The number of aromatic nitrogens is 2. The highest BCUT2D eigenvalue weighted by Gasteiger charge is 2.30. The van der Waals surface area contributed by atoms with Crippen LogP contribution < -0.4 is 5.32 Å². The van der Waals surface area contributed by atoms with Crippen molar-refractivity contribution >= 4 is 0 Å². The van der Waals surface area contributed by atoms with Crippen molar-refractivity contribution in [1.29, 1.82) is 0 Å². The van der Waals surface area contributed by atoms with Crippen LogP contribution in [0.4, 0.5) is 8.78 Å². The highest BCUT2D eigenvalue weighted by molar-refractivity contribution is 5.20. The monoisotopic (exact) mass is 251 g/mol. The van der Waals surface area contributed by atoms with Gasteiger partial charge in [-0.2, -0.15) is 8.78 Å². The maximum atomic E-state index is 13.7. The lowest BCUT2D eigenvalue weighted by molar-refractivity contribution is -0.00310. The molecule has 0 saturated heterocycles. The fourth-order valence-electron chi connectivity index (χ4n) is 1.66. The van der Waals surface area contributed by atoms with E-state index in [2.05, 4.69) is 10.3 Å². The number of imidazole rings is 1. The van der Waals surface area contributed by atoms with E-state index in [0.717, 1.165) is 0 Å². The highest BCUT2D eigenvalue weighted by Crippen LogP contribution is 2.26. The fourth-order valence-corrected chi connectivity index (χ4v) is 1.66. The van der Waals surface area contributed by atoms with Gasteiger partial charge in [-0.3, -0.25) is 0 Å². The number of nitrogens with one attached hydrogen (secondary N) is 1. The average molecular weight is 251 g/mol. The number of rotatable bonds is 6. The smallest absolute Gasteiger partial charge is 0.285 e. The Morgan fingerprint density at radius 2 is 2.00 bits per heavy atom. The van der Waals surface area contributed by atoms with E-state index < -0.39 is 5.92 Å². The van der Waals surface area contributed by atoms with Crippen LogP contribution in [-0.2, 0) is 12.5 Å². The van der Waals surface area contributed by atoms with Crippen LogP contribution >= 0.6 is 0 Å². The van der Waals surface area contributed by atoms with E-state index in [1.165, 1.54) is 12.1 Å². The maximum Gasteiger partial charge on any atom is 0.285 e. The van der Waals surface area contributed by atoms with Crippen LogP contribution in [0.2, 0.25) is 0 Å². The van der Waals surface area contributed by atoms with Crippen LogP contribution in [0.15, 0.2) is 49.1 Å². The molecular formula is C13H15F2N3. The van der Waals surface area contributed by atoms with Gasteiger partial charge in [0, 0.05) is 31.0 Å². The number of alkyl halides is 2. The maximum absolute atomic E-state index is 13.7. The molecule has 0 unspecified atom stereocenters. The molecule has 0 fully saturated rings. The molecule has 0 aliphatic carbocycles. The third kappa shape index (κ3) is 3.37. The lowest BCUT2D eigenvalue weighted by Gasteiger charge is -2.17. The fraction of sp³-hybridized carbons (Fsp3) is 0.308. The molecule has 2 aromatic rings. The van der Waals surface area contributed by atoms with Gasteiger partial charge in [-0.25, -0.2) is 4.98 Å². The summed E-state index contributed by atoms with van der Waals surface area (Å²) in [4.78, 5) is 3.88. The topological polar surface area (TPSA) is 29.9 Å². The molecular weight excluding hydrogens is 236 g/mol. The van der Waals surface area contributed by atoms with Gasteiger partial charge in [-0.1, -0.05) is 30.3 Å². The van der Waals surface area contributed by atoms with Gasteiger partial charge in [0.2, 0.25) is 0 Å². The van der Waals surface area contributed by atoms with E-state index in [1.807, 2.05) is 4.57 Å². The van der Waals surface area contributed by atoms with E-state index in [1.54, 1.807) is 36.9 Å². The van der Waals surface area contributed by atoms with Crippen molar-refractivity contribution in [3.63, 3.8) is 0 Å². The first-order valence-corrected chi connectivity index (χ1v) is 5.78. The van der Waals surface area contributed by atoms with Crippen molar-refractivity contribution in [2.75, 3.05) is 13.1 Å². The zero-order valence-electron chi connectivity index (χ0n) is 9.89. The van der Waals surface area contributed by atoms with Crippen molar-refractivity contribution in [2.45, 2.75) is 12.5 Å². The van der Waals surface area contributed by atoms with E-state index in [9.17, 15) is 8.78 Å². The normalized spacial score (nSPS) is 11.7. The molecule has 5 heteroatoms. The van der Waals surface area contributed by atoms with Gasteiger partial charge in [0.25, 0.3) is 5.92 Å². The molecule has 0 aliphatic heterocycles. The first-order valence-electron chi connectivity index (χ1n) is 5.78. The summed E-state index contributed by atoms with van der Waals surface area (Å²) in [6.07, 6.45) is 5.13. The minimum atomic E-state index is -2.84. The SMILES string of the molecule is FC(F)(CNCCn1ccnc1)c1ccccc1. The molecule has 1 N–H and O–H groups in total. The van der Waals surface area contributed by atoms with E-state index in [4.69, 9.17) is 0 Å². The summed E-state index contributed by atoms with van der Waals surface area (Å²) < 4.78 is 29.3. The molecule has 0 radical (unpaired) electrons. The second-order valence-electron chi connectivity index (χ2n) is 4.05. The van der Waals surface area contributed by atoms with Gasteiger partial charge in [0.15, 0.2) is 0 Å². The molecule has 18 heavy (non-hydrogen) atoms. The Labute approximate surface area is 104 Å². The molecule has 0 atom stereocenters. The van der Waals surface area contributed by atoms with Crippen molar-refractivity contribution in [3.8, 4) is 0 Å². The minimum absolute atomic E-state index is 0.0418.